The molecular formula is C41H42Br2Cl2Zr-2. The molecular weight excluding hydrogens is 814 g/mol. The fourth-order valence-electron chi connectivity index (χ4n) is 5.89. The standard InChI is InChI=1S/C23H29.C13H8Br2.C5H5.2ClH.Zr/c1-14-9-16-11-17-10-15(2)21(23(6,7)8)13-19(17)18(16)12-20(14)22(3,4)5;14-12-5-1-10(2-6-12)9-11-3-7-13(15)8-4-11;1-2-4-5-3-1;;;/h9-13H,1-8H3;1-8H;1-5H;2*1H;/q-1;;-1;;;+2/p-2. The molecule has 0 nitrogen and oxygen atoms in total. The molecule has 0 fully saturated rings. The maximum atomic E-state index is 6.29. The van der Waals surface area contributed by atoms with Crippen LogP contribution in [0.2, 0.25) is 0 Å². The van der Waals surface area contributed by atoms with Gasteiger partial charge in [0.2, 0.25) is 0 Å². The molecule has 0 aliphatic heterocycles. The minimum Gasteiger partial charge on any atom is -0.214 e. The quantitative estimate of drug-likeness (QED) is 0.152. The summed E-state index contributed by atoms with van der Waals surface area (Å²) in [6, 6.07) is 38.2. The minimum atomic E-state index is -2.51. The van der Waals surface area contributed by atoms with Crippen molar-refractivity contribution in [1.82, 2.24) is 0 Å². The Hall–Kier alpha value is -1.61. The van der Waals surface area contributed by atoms with E-state index < -0.39 is 18.9 Å². The van der Waals surface area contributed by atoms with Crippen molar-refractivity contribution in [2.75, 3.05) is 0 Å². The average molecular weight is 857 g/mol. The number of rotatable bonds is 2. The van der Waals surface area contributed by atoms with Crippen molar-refractivity contribution in [2.24, 2.45) is 0 Å². The summed E-state index contributed by atoms with van der Waals surface area (Å²) in [7, 11) is 12.6. The van der Waals surface area contributed by atoms with Gasteiger partial charge in [-0.05, 0) is 24.7 Å². The normalized spacial score (nSPS) is 11.5. The van der Waals surface area contributed by atoms with E-state index in [1.807, 2.05) is 78.9 Å². The van der Waals surface area contributed by atoms with Gasteiger partial charge in [0.25, 0.3) is 0 Å². The molecule has 0 aliphatic rings. The average Bonchev–Trinajstić information content (AvgIpc) is 3.65. The number of hydrogen-bond acceptors (Lipinski definition) is 0. The summed E-state index contributed by atoms with van der Waals surface area (Å²) in [5.41, 5.74) is 8.28. The largest absolute Gasteiger partial charge is 0.214 e. The Morgan fingerprint density at radius 3 is 1.26 bits per heavy atom. The van der Waals surface area contributed by atoms with Gasteiger partial charge in [-0.3, -0.25) is 0 Å². The topological polar surface area (TPSA) is 0 Å². The Kier molecular flexibility index (Phi) is 12.7. The van der Waals surface area contributed by atoms with Crippen molar-refractivity contribution in [1.29, 1.82) is 0 Å². The first-order chi connectivity index (χ1) is 21.6. The Bertz CT molecular complexity index is 1790. The first-order valence-electron chi connectivity index (χ1n) is 15.5. The second-order valence-electron chi connectivity index (χ2n) is 13.8. The van der Waals surface area contributed by atoms with E-state index in [1.54, 1.807) is 0 Å². The van der Waals surface area contributed by atoms with E-state index in [9.17, 15) is 0 Å². The van der Waals surface area contributed by atoms with Crippen LogP contribution in [-0.4, -0.2) is 3.21 Å². The zero-order valence-corrected chi connectivity index (χ0v) is 35.0. The third-order valence-electron chi connectivity index (χ3n) is 8.02. The minimum absolute atomic E-state index is 0.180. The maximum absolute atomic E-state index is 6.29. The van der Waals surface area contributed by atoms with Crippen molar-refractivity contribution in [2.45, 2.75) is 66.2 Å². The van der Waals surface area contributed by atoms with Gasteiger partial charge in [-0.2, -0.15) is 18.2 Å². The third-order valence-corrected chi connectivity index (χ3v) is 13.7. The van der Waals surface area contributed by atoms with Crippen molar-refractivity contribution in [3.63, 3.8) is 0 Å². The van der Waals surface area contributed by atoms with E-state index in [-0.39, 0.29) is 10.8 Å². The summed E-state index contributed by atoms with van der Waals surface area (Å²) >= 11 is 4.35. The monoisotopic (exact) mass is 852 g/mol. The molecule has 240 valence electrons. The molecule has 6 rings (SSSR count). The molecule has 0 amide bonds. The van der Waals surface area contributed by atoms with Gasteiger partial charge in [-0.25, -0.2) is 12.1 Å². The molecule has 0 spiro atoms. The van der Waals surface area contributed by atoms with Crippen molar-refractivity contribution in [3.05, 3.63) is 152 Å². The molecule has 5 heteroatoms. The van der Waals surface area contributed by atoms with Crippen LogP contribution in [0.4, 0.5) is 0 Å². The van der Waals surface area contributed by atoms with Gasteiger partial charge in [-0.1, -0.05) is 75.9 Å². The van der Waals surface area contributed by atoms with Crippen LogP contribution in [0.25, 0.3) is 21.5 Å². The van der Waals surface area contributed by atoms with Crippen molar-refractivity contribution >= 4 is 73.6 Å². The molecule has 6 aromatic rings. The van der Waals surface area contributed by atoms with Gasteiger partial charge in [-0.15, -0.1) is 39.7 Å². The molecule has 0 heterocycles. The third kappa shape index (κ3) is 9.51. The van der Waals surface area contributed by atoms with E-state index in [4.69, 9.17) is 17.0 Å². The molecule has 0 bridgehead atoms. The summed E-state index contributed by atoms with van der Waals surface area (Å²) in [5, 5.41) is 5.55. The number of benzene rings is 4. The van der Waals surface area contributed by atoms with Gasteiger partial charge < -0.3 is 0 Å². The summed E-state index contributed by atoms with van der Waals surface area (Å²) in [6.45, 7) is 18.3. The van der Waals surface area contributed by atoms with Crippen LogP contribution >= 0.6 is 48.9 Å². The summed E-state index contributed by atoms with van der Waals surface area (Å²) in [6.07, 6.45) is 0. The molecule has 0 saturated heterocycles. The Labute approximate surface area is 307 Å². The first kappa shape index (κ1) is 37.2. The van der Waals surface area contributed by atoms with Gasteiger partial charge in [0.1, 0.15) is 0 Å². The van der Waals surface area contributed by atoms with E-state index in [2.05, 4.69) is 118 Å². The van der Waals surface area contributed by atoms with Crippen LogP contribution in [0.5, 0.6) is 0 Å². The molecule has 0 aromatic heterocycles. The van der Waals surface area contributed by atoms with E-state index in [1.165, 1.54) is 43.8 Å². The van der Waals surface area contributed by atoms with Crippen LogP contribution in [0, 0.1) is 13.8 Å². The SMILES string of the molecule is Cc1cc2[cH-]c3cc(C)c(C(C)(C)C)cc3c2cc1C(C)(C)C.[Cl][Zr]([Cl])=[C](c1ccc(Br)cc1)c1ccc(Br)cc1.c1cc[cH-]c1. The van der Waals surface area contributed by atoms with Crippen molar-refractivity contribution < 1.29 is 18.9 Å². The summed E-state index contributed by atoms with van der Waals surface area (Å²) in [4.78, 5) is 0. The molecule has 0 unspecified atom stereocenters. The molecule has 0 saturated carbocycles. The zero-order chi connectivity index (χ0) is 33.8. The molecule has 46 heavy (non-hydrogen) atoms. The van der Waals surface area contributed by atoms with Gasteiger partial charge in [0, 0.05) is 0 Å². The van der Waals surface area contributed by atoms with Gasteiger partial charge >= 0.3 is 140 Å². The van der Waals surface area contributed by atoms with Crippen LogP contribution in [-0.2, 0) is 29.7 Å². The Morgan fingerprint density at radius 2 is 0.978 bits per heavy atom. The van der Waals surface area contributed by atoms with E-state index >= 15 is 0 Å². The molecule has 0 atom stereocenters. The van der Waals surface area contributed by atoms with Crippen LogP contribution in [0.3, 0.4) is 0 Å². The number of halogens is 4. The van der Waals surface area contributed by atoms with E-state index in [0.717, 1.165) is 23.3 Å². The number of fused-ring (bicyclic) bond motifs is 3. The van der Waals surface area contributed by atoms with Gasteiger partial charge in [0.05, 0.1) is 0 Å². The smallest absolute Gasteiger partial charge is 0.172 e. The van der Waals surface area contributed by atoms with Gasteiger partial charge in [0.15, 0.2) is 0 Å². The molecule has 0 radical (unpaired) electrons. The first-order valence-corrected chi connectivity index (χ1v) is 24.6. The Balaban J connectivity index is 0.000000185. The predicted octanol–water partition coefficient (Wildman–Crippen LogP) is 14.0. The second kappa shape index (κ2) is 15.7. The summed E-state index contributed by atoms with van der Waals surface area (Å²) in [5.74, 6) is 0. The van der Waals surface area contributed by atoms with E-state index in [0.29, 0.717) is 0 Å². The van der Waals surface area contributed by atoms with Crippen LogP contribution in [0.1, 0.15) is 74.9 Å². The second-order valence-corrected chi connectivity index (χ2v) is 23.7. The predicted molar refractivity (Wildman–Crippen MR) is 209 cm³/mol. The zero-order valence-electron chi connectivity index (χ0n) is 27.9. The molecule has 6 aromatic carbocycles. The van der Waals surface area contributed by atoms with Crippen molar-refractivity contribution in [3.8, 4) is 0 Å². The summed E-state index contributed by atoms with van der Waals surface area (Å²) < 4.78 is 3.21. The van der Waals surface area contributed by atoms with Crippen LogP contribution in [0.15, 0.2) is 118 Å². The molecule has 0 aliphatic carbocycles. The van der Waals surface area contributed by atoms with Crippen LogP contribution < -0.4 is 0 Å². The Morgan fingerprint density at radius 1 is 0.609 bits per heavy atom. The molecule has 0 N–H and O–H groups in total. The fourth-order valence-corrected chi connectivity index (χ4v) is 10.9. The fraction of sp³-hybridized carbons (Fsp3) is 0.244. The number of hydrogen-bond donors (Lipinski definition) is 0. The number of aryl methyl sites for hydroxylation is 2. The maximum Gasteiger partial charge on any atom is -0.172 e.